The van der Waals surface area contributed by atoms with Crippen LogP contribution >= 0.6 is 11.8 Å². The van der Waals surface area contributed by atoms with Crippen molar-refractivity contribution in [1.82, 2.24) is 4.90 Å². The fourth-order valence-electron chi connectivity index (χ4n) is 2.28. The number of hydrogen-bond acceptors (Lipinski definition) is 2. The van der Waals surface area contributed by atoms with Gasteiger partial charge in [-0.2, -0.15) is 11.8 Å². The van der Waals surface area contributed by atoms with E-state index in [-0.39, 0.29) is 5.91 Å². The van der Waals surface area contributed by atoms with E-state index in [1.165, 1.54) is 11.1 Å². The molecule has 1 atom stereocenters. The van der Waals surface area contributed by atoms with Crippen LogP contribution in [0, 0.1) is 6.92 Å². The van der Waals surface area contributed by atoms with Gasteiger partial charge in [-0.1, -0.05) is 24.3 Å². The lowest BCUT2D eigenvalue weighted by molar-refractivity contribution is -0.128. The van der Waals surface area contributed by atoms with Crippen molar-refractivity contribution in [2.45, 2.75) is 25.5 Å². The summed E-state index contributed by atoms with van der Waals surface area (Å²) in [5.41, 5.74) is 2.80. The Morgan fingerprint density at radius 2 is 2.12 bits per heavy atom. The summed E-state index contributed by atoms with van der Waals surface area (Å²) in [5.74, 6) is 1.24. The number of aryl methyl sites for hydroxylation is 1. The maximum atomic E-state index is 11.4. The second kappa shape index (κ2) is 5.58. The van der Waals surface area contributed by atoms with Crippen LogP contribution in [0.25, 0.3) is 0 Å². The number of amides is 1. The van der Waals surface area contributed by atoms with Crippen LogP contribution in [0.2, 0.25) is 0 Å². The van der Waals surface area contributed by atoms with E-state index in [0.29, 0.717) is 5.25 Å². The summed E-state index contributed by atoms with van der Waals surface area (Å²) in [6, 6.07) is 8.58. The number of rotatable bonds is 1. The third kappa shape index (κ3) is 3.03. The Morgan fingerprint density at radius 3 is 2.82 bits per heavy atom. The molecule has 0 aliphatic carbocycles. The molecule has 0 spiro atoms. The molecule has 17 heavy (non-hydrogen) atoms. The zero-order valence-electron chi connectivity index (χ0n) is 10.5. The first-order valence-electron chi connectivity index (χ1n) is 6.11. The van der Waals surface area contributed by atoms with Crippen LogP contribution in [-0.2, 0) is 4.79 Å². The van der Waals surface area contributed by atoms with Crippen molar-refractivity contribution in [2.24, 2.45) is 0 Å². The Balaban J connectivity index is 2.09. The van der Waals surface area contributed by atoms with Gasteiger partial charge in [-0.15, -0.1) is 0 Å². The van der Waals surface area contributed by atoms with Gasteiger partial charge in [-0.05, 0) is 24.5 Å². The average molecular weight is 249 g/mol. The van der Waals surface area contributed by atoms with Gasteiger partial charge in [0.25, 0.3) is 0 Å². The van der Waals surface area contributed by atoms with E-state index in [4.69, 9.17) is 0 Å². The molecule has 1 aromatic rings. The summed E-state index contributed by atoms with van der Waals surface area (Å²) in [6.07, 6.45) is 1.06. The van der Waals surface area contributed by atoms with Crippen molar-refractivity contribution in [3.8, 4) is 0 Å². The summed E-state index contributed by atoms with van der Waals surface area (Å²) in [4.78, 5) is 13.3. The minimum atomic E-state index is 0.205. The minimum Gasteiger partial charge on any atom is -0.342 e. The van der Waals surface area contributed by atoms with Gasteiger partial charge in [0.15, 0.2) is 0 Å². The van der Waals surface area contributed by atoms with Crippen LogP contribution < -0.4 is 0 Å². The summed E-state index contributed by atoms with van der Waals surface area (Å²) in [6.45, 7) is 5.62. The van der Waals surface area contributed by atoms with E-state index < -0.39 is 0 Å². The molecule has 1 amide bonds. The van der Waals surface area contributed by atoms with E-state index in [2.05, 4.69) is 31.2 Å². The molecule has 2 rings (SSSR count). The molecule has 0 unspecified atom stereocenters. The third-order valence-electron chi connectivity index (χ3n) is 3.32. The van der Waals surface area contributed by atoms with Crippen LogP contribution in [0.1, 0.15) is 29.7 Å². The summed E-state index contributed by atoms with van der Waals surface area (Å²) >= 11 is 1.98. The van der Waals surface area contributed by atoms with Crippen LogP contribution in [0.3, 0.4) is 0 Å². The Bertz CT molecular complexity index is 405. The normalized spacial score (nSPS) is 21.1. The van der Waals surface area contributed by atoms with Crippen molar-refractivity contribution >= 4 is 17.7 Å². The molecule has 1 saturated heterocycles. The van der Waals surface area contributed by atoms with Gasteiger partial charge in [0.1, 0.15) is 0 Å². The zero-order valence-corrected chi connectivity index (χ0v) is 11.3. The van der Waals surface area contributed by atoms with Gasteiger partial charge in [0.2, 0.25) is 5.91 Å². The van der Waals surface area contributed by atoms with Gasteiger partial charge >= 0.3 is 0 Å². The fraction of sp³-hybridized carbons (Fsp3) is 0.500. The summed E-state index contributed by atoms with van der Waals surface area (Å²) in [5, 5.41) is 0.542. The first kappa shape index (κ1) is 12.5. The molecule has 1 heterocycles. The lowest BCUT2D eigenvalue weighted by Gasteiger charge is -2.18. The average Bonchev–Trinajstić information content (AvgIpc) is 2.55. The number of nitrogens with zero attached hydrogens (tertiary/aromatic N) is 1. The predicted octanol–water partition coefficient (Wildman–Crippen LogP) is 3.02. The SMILES string of the molecule is CC(=O)N1CCS[C@H](c2ccccc2C)CC1. The lowest BCUT2D eigenvalue weighted by Crippen LogP contribution is -2.30. The standard InChI is InChI=1S/C14H19NOS/c1-11-5-3-4-6-13(11)14-7-8-15(12(2)16)9-10-17-14/h3-6,14H,7-10H2,1-2H3/t14-/m0/s1. The Labute approximate surface area is 107 Å². The quantitative estimate of drug-likeness (QED) is 0.762. The second-order valence-corrected chi connectivity index (χ2v) is 5.82. The molecular weight excluding hydrogens is 230 g/mol. The molecule has 2 nitrogen and oxygen atoms in total. The molecule has 3 heteroatoms. The minimum absolute atomic E-state index is 0.205. The lowest BCUT2D eigenvalue weighted by atomic mass is 10.0. The molecule has 1 aliphatic rings. The van der Waals surface area contributed by atoms with Crippen molar-refractivity contribution in [3.63, 3.8) is 0 Å². The topological polar surface area (TPSA) is 20.3 Å². The second-order valence-electron chi connectivity index (χ2n) is 4.51. The zero-order chi connectivity index (χ0) is 12.3. The highest BCUT2D eigenvalue weighted by molar-refractivity contribution is 7.99. The number of carbonyl (C=O) groups is 1. The van der Waals surface area contributed by atoms with Crippen LogP contribution in [0.4, 0.5) is 0 Å². The molecule has 1 aliphatic heterocycles. The Hall–Kier alpha value is -0.960. The smallest absolute Gasteiger partial charge is 0.219 e. The maximum Gasteiger partial charge on any atom is 0.219 e. The molecule has 1 fully saturated rings. The van der Waals surface area contributed by atoms with Gasteiger partial charge in [-0.3, -0.25) is 4.79 Å². The maximum absolute atomic E-state index is 11.4. The van der Waals surface area contributed by atoms with E-state index >= 15 is 0 Å². The predicted molar refractivity (Wildman–Crippen MR) is 73.2 cm³/mol. The third-order valence-corrected chi connectivity index (χ3v) is 4.63. The Kier molecular flexibility index (Phi) is 4.11. The first-order chi connectivity index (χ1) is 8.18. The van der Waals surface area contributed by atoms with E-state index in [1.807, 2.05) is 16.7 Å². The van der Waals surface area contributed by atoms with Crippen molar-refractivity contribution in [2.75, 3.05) is 18.8 Å². The summed E-state index contributed by atoms with van der Waals surface area (Å²) in [7, 11) is 0. The highest BCUT2D eigenvalue weighted by Gasteiger charge is 2.20. The van der Waals surface area contributed by atoms with Crippen LogP contribution in [0.5, 0.6) is 0 Å². The van der Waals surface area contributed by atoms with Gasteiger partial charge < -0.3 is 4.90 Å². The molecule has 0 N–H and O–H groups in total. The van der Waals surface area contributed by atoms with Gasteiger partial charge in [0, 0.05) is 31.0 Å². The molecular formula is C14H19NOS. The highest BCUT2D eigenvalue weighted by Crippen LogP contribution is 2.35. The number of benzene rings is 1. The van der Waals surface area contributed by atoms with Crippen molar-refractivity contribution in [1.29, 1.82) is 0 Å². The van der Waals surface area contributed by atoms with Crippen molar-refractivity contribution < 1.29 is 4.79 Å². The fourth-order valence-corrected chi connectivity index (χ4v) is 3.61. The van der Waals surface area contributed by atoms with E-state index in [1.54, 1.807) is 6.92 Å². The van der Waals surface area contributed by atoms with Gasteiger partial charge in [-0.25, -0.2) is 0 Å². The number of thioether (sulfide) groups is 1. The molecule has 0 bridgehead atoms. The number of hydrogen-bond donors (Lipinski definition) is 0. The largest absolute Gasteiger partial charge is 0.342 e. The first-order valence-corrected chi connectivity index (χ1v) is 7.16. The highest BCUT2D eigenvalue weighted by atomic mass is 32.2. The van der Waals surface area contributed by atoms with Crippen molar-refractivity contribution in [3.05, 3.63) is 35.4 Å². The molecule has 0 aromatic heterocycles. The Morgan fingerprint density at radius 1 is 1.35 bits per heavy atom. The molecule has 92 valence electrons. The molecule has 0 radical (unpaired) electrons. The van der Waals surface area contributed by atoms with E-state index in [0.717, 1.165) is 25.3 Å². The summed E-state index contributed by atoms with van der Waals surface area (Å²) < 4.78 is 0. The molecule has 0 saturated carbocycles. The van der Waals surface area contributed by atoms with Crippen LogP contribution in [-0.4, -0.2) is 29.6 Å². The monoisotopic (exact) mass is 249 g/mol. The van der Waals surface area contributed by atoms with Crippen LogP contribution in [0.15, 0.2) is 24.3 Å². The molecule has 1 aromatic carbocycles. The van der Waals surface area contributed by atoms with Gasteiger partial charge in [0.05, 0.1) is 0 Å². The van der Waals surface area contributed by atoms with E-state index in [9.17, 15) is 4.79 Å². The number of carbonyl (C=O) groups excluding carboxylic acids is 1.